The molecule has 0 bridgehead atoms. The highest BCUT2D eigenvalue weighted by molar-refractivity contribution is 5.71. The van der Waals surface area contributed by atoms with Crippen LogP contribution in [0.4, 0.5) is 9.18 Å². The fourth-order valence-electron chi connectivity index (χ4n) is 2.58. The monoisotopic (exact) mass is 380 g/mol. The molecule has 0 aliphatic rings. The lowest BCUT2D eigenvalue weighted by Gasteiger charge is -2.09. The van der Waals surface area contributed by atoms with Crippen LogP contribution in [0.3, 0.4) is 0 Å². The van der Waals surface area contributed by atoms with E-state index < -0.39 is 6.03 Å². The lowest BCUT2D eigenvalue weighted by molar-refractivity contribution is 0.249. The zero-order valence-electron chi connectivity index (χ0n) is 15.2. The van der Waals surface area contributed by atoms with Crippen LogP contribution in [0.1, 0.15) is 5.56 Å². The molecule has 0 radical (unpaired) electrons. The van der Waals surface area contributed by atoms with Crippen molar-refractivity contribution >= 4 is 6.03 Å². The van der Waals surface area contributed by atoms with Gasteiger partial charge in [0.2, 0.25) is 0 Å². The van der Waals surface area contributed by atoms with E-state index in [1.165, 1.54) is 12.1 Å². The van der Waals surface area contributed by atoms with Crippen molar-refractivity contribution in [3.05, 3.63) is 78.2 Å². The summed E-state index contributed by atoms with van der Waals surface area (Å²) in [4.78, 5) is 15.0. The Morgan fingerprint density at radius 2 is 1.68 bits per heavy atom. The first-order valence-corrected chi connectivity index (χ1v) is 8.83. The third-order valence-electron chi connectivity index (χ3n) is 3.95. The highest BCUT2D eigenvalue weighted by atomic mass is 19.1. The molecule has 0 aliphatic heterocycles. The van der Waals surface area contributed by atoms with Crippen molar-refractivity contribution in [2.75, 3.05) is 13.1 Å². The number of ether oxygens (including phenoxy) is 1. The van der Waals surface area contributed by atoms with Gasteiger partial charge in [-0.05, 0) is 66.2 Å². The van der Waals surface area contributed by atoms with E-state index in [1.54, 1.807) is 18.3 Å². The molecule has 0 aliphatic carbocycles. The van der Waals surface area contributed by atoms with E-state index in [9.17, 15) is 9.18 Å². The second-order valence-corrected chi connectivity index (χ2v) is 6.10. The fourth-order valence-corrected chi connectivity index (χ4v) is 2.58. The van der Waals surface area contributed by atoms with Crippen LogP contribution >= 0.6 is 0 Å². The van der Waals surface area contributed by atoms with Gasteiger partial charge in [-0.3, -0.25) is 4.98 Å². The molecule has 1 heterocycles. The topological polar surface area (TPSA) is 89.3 Å². The van der Waals surface area contributed by atoms with Crippen LogP contribution in [0, 0.1) is 5.82 Å². The minimum Gasteiger partial charge on any atom is -0.457 e. The van der Waals surface area contributed by atoms with E-state index in [0.29, 0.717) is 31.1 Å². The van der Waals surface area contributed by atoms with Crippen LogP contribution < -0.4 is 21.1 Å². The average Bonchev–Trinajstić information content (AvgIpc) is 2.70. The number of benzene rings is 2. The molecule has 28 heavy (non-hydrogen) atoms. The number of urea groups is 1. The van der Waals surface area contributed by atoms with Crippen molar-refractivity contribution in [2.45, 2.75) is 6.54 Å². The smallest absolute Gasteiger partial charge is 0.312 e. The number of hydrogen-bond donors (Lipinski definition) is 3. The molecule has 7 heteroatoms. The summed E-state index contributed by atoms with van der Waals surface area (Å²) in [5.74, 6) is 0.938. The highest BCUT2D eigenvalue weighted by Gasteiger charge is 2.03. The Kier molecular flexibility index (Phi) is 6.54. The summed E-state index contributed by atoms with van der Waals surface area (Å²) in [5, 5.41) is 5.76. The molecule has 3 aromatic rings. The third-order valence-corrected chi connectivity index (χ3v) is 3.95. The number of carbonyl (C=O) groups excluding carboxylic acids is 1. The average molecular weight is 380 g/mol. The number of primary amides is 1. The number of amides is 2. The molecule has 144 valence electrons. The number of aromatic nitrogens is 1. The van der Waals surface area contributed by atoms with E-state index in [-0.39, 0.29) is 5.82 Å². The van der Waals surface area contributed by atoms with Crippen LogP contribution in [0.15, 0.2) is 66.9 Å². The first-order chi connectivity index (χ1) is 13.6. The molecule has 6 nitrogen and oxygen atoms in total. The second-order valence-electron chi connectivity index (χ2n) is 6.10. The van der Waals surface area contributed by atoms with Crippen molar-refractivity contribution in [3.63, 3.8) is 0 Å². The Morgan fingerprint density at radius 3 is 2.36 bits per heavy atom. The van der Waals surface area contributed by atoms with Crippen LogP contribution in [0.5, 0.6) is 11.5 Å². The number of nitrogens with two attached hydrogens (primary N) is 1. The molecule has 2 amide bonds. The first-order valence-electron chi connectivity index (χ1n) is 8.83. The van der Waals surface area contributed by atoms with Crippen molar-refractivity contribution in [2.24, 2.45) is 5.73 Å². The number of carbonyl (C=O) groups is 1. The quantitative estimate of drug-likeness (QED) is 0.522. The minimum atomic E-state index is -0.528. The van der Waals surface area contributed by atoms with Crippen molar-refractivity contribution in [1.82, 2.24) is 15.6 Å². The number of nitrogens with zero attached hydrogens (tertiary/aromatic N) is 1. The molecular formula is C21H21FN4O2. The molecule has 1 aromatic heterocycles. The molecular weight excluding hydrogens is 359 g/mol. The van der Waals surface area contributed by atoms with Gasteiger partial charge in [0, 0.05) is 31.4 Å². The molecule has 0 saturated carbocycles. The SMILES string of the molecule is NC(=O)NCCNCc1ccnc(-c2ccc(Oc3ccc(F)cc3)cc2)c1. The van der Waals surface area contributed by atoms with Gasteiger partial charge >= 0.3 is 6.03 Å². The van der Waals surface area contributed by atoms with Crippen molar-refractivity contribution < 1.29 is 13.9 Å². The Hall–Kier alpha value is -3.45. The summed E-state index contributed by atoms with van der Waals surface area (Å²) < 4.78 is 18.7. The van der Waals surface area contributed by atoms with Gasteiger partial charge in [-0.15, -0.1) is 0 Å². The van der Waals surface area contributed by atoms with Gasteiger partial charge in [-0.2, -0.15) is 0 Å². The van der Waals surface area contributed by atoms with Gasteiger partial charge in [-0.1, -0.05) is 0 Å². The Morgan fingerprint density at radius 1 is 1.00 bits per heavy atom. The molecule has 0 atom stereocenters. The van der Waals surface area contributed by atoms with Crippen LogP contribution in [0.25, 0.3) is 11.3 Å². The zero-order chi connectivity index (χ0) is 19.8. The summed E-state index contributed by atoms with van der Waals surface area (Å²) >= 11 is 0. The Balaban J connectivity index is 1.58. The molecule has 0 saturated heterocycles. The van der Waals surface area contributed by atoms with E-state index >= 15 is 0 Å². The first kappa shape index (κ1) is 19.3. The lowest BCUT2D eigenvalue weighted by atomic mass is 10.1. The number of rotatable bonds is 8. The van der Waals surface area contributed by atoms with Gasteiger partial charge in [0.05, 0.1) is 5.69 Å². The van der Waals surface area contributed by atoms with Gasteiger partial charge in [0.1, 0.15) is 17.3 Å². The maximum atomic E-state index is 13.0. The van der Waals surface area contributed by atoms with E-state index in [0.717, 1.165) is 16.8 Å². The summed E-state index contributed by atoms with van der Waals surface area (Å²) in [6, 6.07) is 16.8. The number of pyridine rings is 1. The number of nitrogens with one attached hydrogen (secondary N) is 2. The van der Waals surface area contributed by atoms with E-state index in [4.69, 9.17) is 10.5 Å². The summed E-state index contributed by atoms with van der Waals surface area (Å²) in [7, 11) is 0. The third kappa shape index (κ3) is 5.78. The summed E-state index contributed by atoms with van der Waals surface area (Å²) in [5.41, 5.74) is 7.91. The van der Waals surface area contributed by atoms with Crippen molar-refractivity contribution in [3.8, 4) is 22.8 Å². The predicted octanol–water partition coefficient (Wildman–Crippen LogP) is 3.44. The summed E-state index contributed by atoms with van der Waals surface area (Å²) in [6.45, 7) is 1.75. The van der Waals surface area contributed by atoms with Crippen molar-refractivity contribution in [1.29, 1.82) is 0 Å². The second kappa shape index (κ2) is 9.48. The molecule has 0 unspecified atom stereocenters. The van der Waals surface area contributed by atoms with Crippen LogP contribution in [-0.2, 0) is 6.54 Å². The molecule has 3 rings (SSSR count). The van der Waals surface area contributed by atoms with Gasteiger partial charge in [0.15, 0.2) is 0 Å². The minimum absolute atomic E-state index is 0.299. The fraction of sp³-hybridized carbons (Fsp3) is 0.143. The standard InChI is InChI=1S/C21H21FN4O2/c22-17-3-7-19(8-4-17)28-18-5-1-16(2-6-18)20-13-15(9-10-25-20)14-24-11-12-26-21(23)27/h1-10,13,24H,11-12,14H2,(H3,23,26,27). The van der Waals surface area contributed by atoms with Crippen LogP contribution in [-0.4, -0.2) is 24.1 Å². The predicted molar refractivity (Wildman–Crippen MR) is 105 cm³/mol. The normalized spacial score (nSPS) is 10.5. The zero-order valence-corrected chi connectivity index (χ0v) is 15.2. The maximum absolute atomic E-state index is 13.0. The molecule has 4 N–H and O–H groups in total. The number of hydrogen-bond acceptors (Lipinski definition) is 4. The Labute approximate surface area is 162 Å². The largest absolute Gasteiger partial charge is 0.457 e. The Bertz CT molecular complexity index is 914. The summed E-state index contributed by atoms with van der Waals surface area (Å²) in [6.07, 6.45) is 1.76. The van der Waals surface area contributed by atoms with Gasteiger partial charge in [-0.25, -0.2) is 9.18 Å². The molecule has 0 spiro atoms. The van der Waals surface area contributed by atoms with E-state index in [2.05, 4.69) is 15.6 Å². The molecule has 2 aromatic carbocycles. The van der Waals surface area contributed by atoms with E-state index in [1.807, 2.05) is 36.4 Å². The lowest BCUT2D eigenvalue weighted by Crippen LogP contribution is -2.35. The van der Waals surface area contributed by atoms with Crippen LogP contribution in [0.2, 0.25) is 0 Å². The number of halogens is 1. The highest BCUT2D eigenvalue weighted by Crippen LogP contribution is 2.25. The van der Waals surface area contributed by atoms with Gasteiger partial charge < -0.3 is 21.1 Å². The maximum Gasteiger partial charge on any atom is 0.312 e. The van der Waals surface area contributed by atoms with Gasteiger partial charge in [0.25, 0.3) is 0 Å². The molecule has 0 fully saturated rings.